The zero-order valence-electron chi connectivity index (χ0n) is 16.9. The van der Waals surface area contributed by atoms with Crippen LogP contribution >= 0.6 is 47.8 Å². The number of carbonyl (C=O) groups is 1. The van der Waals surface area contributed by atoms with Gasteiger partial charge in [0.2, 0.25) is 0 Å². The fourth-order valence-electron chi connectivity index (χ4n) is 2.76. The van der Waals surface area contributed by atoms with Gasteiger partial charge in [-0.3, -0.25) is 4.79 Å². The predicted molar refractivity (Wildman–Crippen MR) is 130 cm³/mol. The van der Waals surface area contributed by atoms with Crippen LogP contribution in [0, 0.1) is 0 Å². The van der Waals surface area contributed by atoms with E-state index in [1.807, 2.05) is 26.0 Å². The summed E-state index contributed by atoms with van der Waals surface area (Å²) in [6.45, 7) is 3.70. The van der Waals surface area contributed by atoms with Crippen molar-refractivity contribution in [2.75, 3.05) is 13.7 Å². The highest BCUT2D eigenvalue weighted by Gasteiger charge is 2.15. The number of methoxy groups -OCH3 is 1. The lowest BCUT2D eigenvalue weighted by molar-refractivity contribution is -0.142. The average Bonchev–Trinajstić information content (AvgIpc) is 2.72. The van der Waals surface area contributed by atoms with Crippen LogP contribution in [0.1, 0.15) is 31.2 Å². The monoisotopic (exact) mass is 613 g/mol. The standard InChI is InChI=1S/C21H18Br3N3O4/c1-11(2)20-26-17-5-4-13(22)8-14(17)21(29)27(20)25-9-12-6-15(23)19(16(24)7-12)31-10-18(28)30-3/h4-9,11H,10H2,1-3H3. The van der Waals surface area contributed by atoms with Crippen LogP contribution in [0.5, 0.6) is 5.75 Å². The summed E-state index contributed by atoms with van der Waals surface area (Å²) < 4.78 is 13.4. The number of halogens is 3. The molecule has 10 heteroatoms. The molecule has 0 amide bonds. The first-order valence-corrected chi connectivity index (χ1v) is 11.5. The van der Waals surface area contributed by atoms with Crippen LogP contribution in [0.4, 0.5) is 0 Å². The van der Waals surface area contributed by atoms with E-state index < -0.39 is 5.97 Å². The molecule has 7 nitrogen and oxygen atoms in total. The lowest BCUT2D eigenvalue weighted by Crippen LogP contribution is -2.23. The fourth-order valence-corrected chi connectivity index (χ4v) is 4.57. The third-order valence-electron chi connectivity index (χ3n) is 4.25. The van der Waals surface area contributed by atoms with Gasteiger partial charge in [-0.2, -0.15) is 9.78 Å². The van der Waals surface area contributed by atoms with E-state index in [2.05, 4.69) is 62.6 Å². The highest BCUT2D eigenvalue weighted by atomic mass is 79.9. The number of hydrogen-bond donors (Lipinski definition) is 0. The molecule has 31 heavy (non-hydrogen) atoms. The summed E-state index contributed by atoms with van der Waals surface area (Å²) in [6.07, 6.45) is 1.57. The van der Waals surface area contributed by atoms with Gasteiger partial charge >= 0.3 is 5.97 Å². The molecule has 0 bridgehead atoms. The predicted octanol–water partition coefficient (Wildman–Crippen LogP) is 5.24. The molecular formula is C21H18Br3N3O4. The lowest BCUT2D eigenvalue weighted by atomic mass is 10.2. The maximum Gasteiger partial charge on any atom is 0.343 e. The van der Waals surface area contributed by atoms with Gasteiger partial charge in [0.05, 0.1) is 33.2 Å². The minimum absolute atomic E-state index is 0.00883. The topological polar surface area (TPSA) is 82.8 Å². The third kappa shape index (κ3) is 5.42. The third-order valence-corrected chi connectivity index (χ3v) is 5.93. The zero-order chi connectivity index (χ0) is 22.7. The molecule has 0 unspecified atom stereocenters. The van der Waals surface area contributed by atoms with Crippen molar-refractivity contribution in [2.24, 2.45) is 5.10 Å². The Morgan fingerprint density at radius 1 is 1.19 bits per heavy atom. The summed E-state index contributed by atoms with van der Waals surface area (Å²) in [5.74, 6) is 0.526. The molecule has 0 atom stereocenters. The van der Waals surface area contributed by atoms with E-state index in [9.17, 15) is 9.59 Å². The molecule has 0 fully saturated rings. The summed E-state index contributed by atoms with van der Waals surface area (Å²) in [5, 5.41) is 4.90. The van der Waals surface area contributed by atoms with Crippen LogP contribution in [0.3, 0.4) is 0 Å². The molecule has 3 rings (SSSR count). The number of aromatic nitrogens is 2. The van der Waals surface area contributed by atoms with Crippen molar-refractivity contribution < 1.29 is 14.3 Å². The Labute approximate surface area is 203 Å². The zero-order valence-corrected chi connectivity index (χ0v) is 21.6. The van der Waals surface area contributed by atoms with Crippen molar-refractivity contribution >= 4 is 70.9 Å². The second-order valence-electron chi connectivity index (χ2n) is 6.83. The fraction of sp³-hybridized carbons (Fsp3) is 0.238. The number of carbonyl (C=O) groups excluding carboxylic acids is 1. The first-order chi connectivity index (χ1) is 14.7. The number of nitrogens with zero attached hydrogens (tertiary/aromatic N) is 3. The molecule has 0 radical (unpaired) electrons. The Kier molecular flexibility index (Phi) is 7.66. The number of benzene rings is 2. The summed E-state index contributed by atoms with van der Waals surface area (Å²) in [4.78, 5) is 29.1. The average molecular weight is 616 g/mol. The van der Waals surface area contributed by atoms with Gasteiger partial charge < -0.3 is 9.47 Å². The first kappa shape index (κ1) is 23.6. The van der Waals surface area contributed by atoms with Gasteiger partial charge in [0.25, 0.3) is 5.56 Å². The van der Waals surface area contributed by atoms with Crippen molar-refractivity contribution in [2.45, 2.75) is 19.8 Å². The quantitative estimate of drug-likeness (QED) is 0.280. The molecule has 0 saturated heterocycles. The molecule has 0 saturated carbocycles. The minimum Gasteiger partial charge on any atom is -0.480 e. The summed E-state index contributed by atoms with van der Waals surface area (Å²) >= 11 is 10.3. The van der Waals surface area contributed by atoms with E-state index in [4.69, 9.17) is 4.74 Å². The number of ether oxygens (including phenoxy) is 2. The molecule has 0 spiro atoms. The van der Waals surface area contributed by atoms with Crippen LogP contribution < -0.4 is 10.3 Å². The molecule has 162 valence electrons. The van der Waals surface area contributed by atoms with Crippen LogP contribution in [0.25, 0.3) is 10.9 Å². The van der Waals surface area contributed by atoms with E-state index in [0.29, 0.717) is 37.0 Å². The van der Waals surface area contributed by atoms with Gasteiger partial charge in [0, 0.05) is 10.4 Å². The minimum atomic E-state index is -0.486. The van der Waals surface area contributed by atoms with Crippen LogP contribution in [0.15, 0.2) is 53.6 Å². The van der Waals surface area contributed by atoms with Crippen LogP contribution in [-0.4, -0.2) is 35.6 Å². The van der Waals surface area contributed by atoms with Crippen molar-refractivity contribution in [3.63, 3.8) is 0 Å². The Hall–Kier alpha value is -2.04. The summed E-state index contributed by atoms with van der Waals surface area (Å²) in [6, 6.07) is 8.94. The van der Waals surface area contributed by atoms with Gasteiger partial charge in [0.1, 0.15) is 11.6 Å². The number of esters is 1. The maximum absolute atomic E-state index is 13.1. The van der Waals surface area contributed by atoms with E-state index in [1.54, 1.807) is 24.4 Å². The smallest absolute Gasteiger partial charge is 0.343 e. The van der Waals surface area contributed by atoms with Crippen molar-refractivity contribution in [1.82, 2.24) is 9.66 Å². The van der Waals surface area contributed by atoms with Gasteiger partial charge in [-0.15, -0.1) is 0 Å². The van der Waals surface area contributed by atoms with Gasteiger partial charge in [-0.25, -0.2) is 9.78 Å². The Morgan fingerprint density at radius 2 is 1.87 bits per heavy atom. The Morgan fingerprint density at radius 3 is 2.48 bits per heavy atom. The van der Waals surface area contributed by atoms with Crippen LogP contribution in [-0.2, 0) is 9.53 Å². The van der Waals surface area contributed by atoms with Crippen molar-refractivity contribution in [1.29, 1.82) is 0 Å². The summed E-state index contributed by atoms with van der Waals surface area (Å²) in [7, 11) is 1.29. The van der Waals surface area contributed by atoms with E-state index in [1.165, 1.54) is 11.8 Å². The van der Waals surface area contributed by atoms with E-state index >= 15 is 0 Å². The second kappa shape index (κ2) is 10.1. The Balaban J connectivity index is 2.01. The Bertz CT molecular complexity index is 1220. The van der Waals surface area contributed by atoms with Gasteiger partial charge in [-0.1, -0.05) is 29.8 Å². The molecule has 0 aliphatic heterocycles. The van der Waals surface area contributed by atoms with E-state index in [-0.39, 0.29) is 18.1 Å². The molecular weight excluding hydrogens is 598 g/mol. The molecule has 3 aromatic rings. The second-order valence-corrected chi connectivity index (χ2v) is 9.45. The maximum atomic E-state index is 13.1. The largest absolute Gasteiger partial charge is 0.480 e. The highest BCUT2D eigenvalue weighted by Crippen LogP contribution is 2.34. The molecule has 0 aliphatic rings. The SMILES string of the molecule is COC(=O)COc1c(Br)cc(C=Nn2c(C(C)C)nc3ccc(Br)cc3c2=O)cc1Br. The van der Waals surface area contributed by atoms with Crippen molar-refractivity contribution in [3.8, 4) is 5.75 Å². The molecule has 0 aliphatic carbocycles. The number of fused-ring (bicyclic) bond motifs is 1. The lowest BCUT2D eigenvalue weighted by Gasteiger charge is -2.12. The molecule has 2 aromatic carbocycles. The normalized spacial score (nSPS) is 11.5. The highest BCUT2D eigenvalue weighted by molar-refractivity contribution is 9.11. The van der Waals surface area contributed by atoms with E-state index in [0.717, 1.165) is 4.47 Å². The number of hydrogen-bond acceptors (Lipinski definition) is 6. The van der Waals surface area contributed by atoms with Gasteiger partial charge in [0.15, 0.2) is 6.61 Å². The first-order valence-electron chi connectivity index (χ1n) is 9.16. The number of rotatable bonds is 6. The molecule has 1 heterocycles. The summed E-state index contributed by atoms with van der Waals surface area (Å²) in [5.41, 5.74) is 1.09. The van der Waals surface area contributed by atoms with Gasteiger partial charge in [-0.05, 0) is 67.8 Å². The molecule has 0 N–H and O–H groups in total. The van der Waals surface area contributed by atoms with Crippen molar-refractivity contribution in [3.05, 3.63) is 65.5 Å². The van der Waals surface area contributed by atoms with Crippen LogP contribution in [0.2, 0.25) is 0 Å². The molecule has 1 aromatic heterocycles.